The molecule has 26 heavy (non-hydrogen) atoms. The maximum absolute atomic E-state index is 14.0. The van der Waals surface area contributed by atoms with Gasteiger partial charge in [-0.3, -0.25) is 24.6 Å². The number of hydrogen-bond donors (Lipinski definition) is 2. The summed E-state index contributed by atoms with van der Waals surface area (Å²) in [6, 6.07) is 3.65. The Morgan fingerprint density at radius 3 is 2.69 bits per heavy atom. The van der Waals surface area contributed by atoms with E-state index >= 15 is 0 Å². The van der Waals surface area contributed by atoms with E-state index in [9.17, 15) is 18.8 Å². The van der Waals surface area contributed by atoms with Gasteiger partial charge in [0.25, 0.3) is 0 Å². The van der Waals surface area contributed by atoms with Crippen molar-refractivity contribution >= 4 is 23.4 Å². The van der Waals surface area contributed by atoms with Gasteiger partial charge in [-0.25, -0.2) is 4.39 Å². The molecule has 1 spiro atoms. The van der Waals surface area contributed by atoms with Crippen LogP contribution >= 0.6 is 0 Å². The highest BCUT2D eigenvalue weighted by Gasteiger charge is 2.70. The van der Waals surface area contributed by atoms with E-state index in [2.05, 4.69) is 17.2 Å². The van der Waals surface area contributed by atoms with Crippen LogP contribution in [0.5, 0.6) is 0 Å². The van der Waals surface area contributed by atoms with Crippen molar-refractivity contribution in [2.45, 2.75) is 25.4 Å². The average Bonchev–Trinajstić information content (AvgIpc) is 3.17. The van der Waals surface area contributed by atoms with Gasteiger partial charge in [0.05, 0.1) is 11.8 Å². The summed E-state index contributed by atoms with van der Waals surface area (Å²) in [4.78, 5) is 40.2. The smallest absolute Gasteiger partial charge is 0.250 e. The summed E-state index contributed by atoms with van der Waals surface area (Å²) >= 11 is 0. The lowest BCUT2D eigenvalue weighted by atomic mass is 9.76. The van der Waals surface area contributed by atoms with Crippen molar-refractivity contribution in [3.05, 3.63) is 42.2 Å². The Morgan fingerprint density at radius 2 is 2.04 bits per heavy atom. The summed E-state index contributed by atoms with van der Waals surface area (Å²) in [6.07, 6.45) is 1.49. The molecule has 1 aromatic carbocycles. The first-order chi connectivity index (χ1) is 12.3. The molecular weight excluding hydrogens is 337 g/mol. The molecule has 2 N–H and O–H groups in total. The normalized spacial score (nSPS) is 32.4. The van der Waals surface area contributed by atoms with Gasteiger partial charge in [-0.1, -0.05) is 19.9 Å². The molecule has 4 rings (SSSR count). The number of anilines is 1. The van der Waals surface area contributed by atoms with Crippen LogP contribution in [-0.2, 0) is 19.9 Å². The van der Waals surface area contributed by atoms with Crippen molar-refractivity contribution in [3.63, 3.8) is 0 Å². The van der Waals surface area contributed by atoms with Crippen LogP contribution in [0.3, 0.4) is 0 Å². The van der Waals surface area contributed by atoms with E-state index in [-0.39, 0.29) is 24.4 Å². The predicted molar refractivity (Wildman–Crippen MR) is 92.4 cm³/mol. The van der Waals surface area contributed by atoms with Gasteiger partial charge in [-0.05, 0) is 24.1 Å². The zero-order valence-corrected chi connectivity index (χ0v) is 14.6. The molecule has 2 fully saturated rings. The Hall–Kier alpha value is -2.54. The monoisotopic (exact) mass is 357 g/mol. The minimum Gasteiger partial charge on any atom is -0.324 e. The fourth-order valence-corrected chi connectivity index (χ4v) is 4.65. The zero-order valence-electron chi connectivity index (χ0n) is 14.6. The van der Waals surface area contributed by atoms with Crippen molar-refractivity contribution in [1.82, 2.24) is 10.2 Å². The highest BCUT2D eigenvalue weighted by molar-refractivity contribution is 6.15. The standard InChI is InChI=1S/C19H20FN3O3/c1-4-7-23-16(24)13-14(17(23)25)19(22-15(13)9(2)3)11-8-10(20)5-6-12(11)21-18(19)26/h4-6,8-9,13-15,22H,1,7H2,2-3H3,(H,21,26)/t13-,14-,15+,19-/m0/s1. The Kier molecular flexibility index (Phi) is 3.56. The first-order valence-corrected chi connectivity index (χ1v) is 8.68. The fourth-order valence-electron chi connectivity index (χ4n) is 4.65. The summed E-state index contributed by atoms with van der Waals surface area (Å²) in [5.41, 5.74) is -0.573. The number of carbonyl (C=O) groups is 3. The second kappa shape index (κ2) is 5.48. The molecule has 0 aliphatic carbocycles. The summed E-state index contributed by atoms with van der Waals surface area (Å²) < 4.78 is 14.0. The molecule has 0 unspecified atom stereocenters. The number of nitrogens with zero attached hydrogens (tertiary/aromatic N) is 1. The molecule has 3 heterocycles. The van der Waals surface area contributed by atoms with Crippen LogP contribution in [0.2, 0.25) is 0 Å². The van der Waals surface area contributed by atoms with Gasteiger partial charge in [0.1, 0.15) is 11.4 Å². The number of benzene rings is 1. The maximum atomic E-state index is 14.0. The van der Waals surface area contributed by atoms with Gasteiger partial charge in [-0.2, -0.15) is 0 Å². The molecule has 0 saturated carbocycles. The molecule has 6 nitrogen and oxygen atoms in total. The van der Waals surface area contributed by atoms with Gasteiger partial charge in [0.2, 0.25) is 17.7 Å². The van der Waals surface area contributed by atoms with E-state index in [0.29, 0.717) is 11.3 Å². The maximum Gasteiger partial charge on any atom is 0.250 e. The first-order valence-electron chi connectivity index (χ1n) is 8.68. The van der Waals surface area contributed by atoms with E-state index in [1.807, 2.05) is 13.8 Å². The lowest BCUT2D eigenvalue weighted by Crippen LogP contribution is -2.54. The SMILES string of the molecule is C=CCN1C(=O)[C@@H]2[C@@H](C(C)C)N[C@]3(C(=O)Nc4ccc(F)cc43)[C@@H]2C1=O. The fraction of sp³-hybridized carbons (Fsp3) is 0.421. The Morgan fingerprint density at radius 1 is 1.31 bits per heavy atom. The quantitative estimate of drug-likeness (QED) is 0.633. The van der Waals surface area contributed by atoms with Crippen molar-refractivity contribution in [2.24, 2.45) is 17.8 Å². The third-order valence-corrected chi connectivity index (χ3v) is 5.73. The van der Waals surface area contributed by atoms with Gasteiger partial charge in [-0.15, -0.1) is 6.58 Å². The molecule has 7 heteroatoms. The molecule has 0 aromatic heterocycles. The van der Waals surface area contributed by atoms with E-state index in [1.165, 1.54) is 24.3 Å². The van der Waals surface area contributed by atoms with Gasteiger partial charge in [0.15, 0.2) is 0 Å². The minimum atomic E-state index is -1.43. The largest absolute Gasteiger partial charge is 0.324 e. The third kappa shape index (κ3) is 1.92. The Balaban J connectivity index is 1.92. The van der Waals surface area contributed by atoms with E-state index in [0.717, 1.165) is 4.90 Å². The second-order valence-electron chi connectivity index (χ2n) is 7.45. The Labute approximate surface area is 150 Å². The molecule has 4 atom stereocenters. The van der Waals surface area contributed by atoms with Gasteiger partial charge < -0.3 is 5.32 Å². The van der Waals surface area contributed by atoms with Gasteiger partial charge >= 0.3 is 0 Å². The van der Waals surface area contributed by atoms with Crippen LogP contribution in [0, 0.1) is 23.6 Å². The van der Waals surface area contributed by atoms with Crippen molar-refractivity contribution in [1.29, 1.82) is 0 Å². The molecule has 3 aliphatic rings. The number of halogens is 1. The van der Waals surface area contributed by atoms with Crippen LogP contribution in [-0.4, -0.2) is 35.2 Å². The number of fused-ring (bicyclic) bond motifs is 4. The third-order valence-electron chi connectivity index (χ3n) is 5.73. The lowest BCUT2D eigenvalue weighted by molar-refractivity contribution is -0.142. The highest BCUT2D eigenvalue weighted by atomic mass is 19.1. The van der Waals surface area contributed by atoms with Crippen molar-refractivity contribution in [2.75, 3.05) is 11.9 Å². The average molecular weight is 357 g/mol. The van der Waals surface area contributed by atoms with E-state index < -0.39 is 35.0 Å². The number of carbonyl (C=O) groups excluding carboxylic acids is 3. The molecule has 1 aromatic rings. The molecule has 0 bridgehead atoms. The molecule has 136 valence electrons. The topological polar surface area (TPSA) is 78.5 Å². The number of nitrogens with one attached hydrogen (secondary N) is 2. The van der Waals surface area contributed by atoms with Crippen LogP contribution in [0.25, 0.3) is 0 Å². The van der Waals surface area contributed by atoms with Gasteiger partial charge in [0, 0.05) is 23.8 Å². The summed E-state index contributed by atoms with van der Waals surface area (Å²) in [7, 11) is 0. The number of rotatable bonds is 3. The van der Waals surface area contributed by atoms with Crippen LogP contribution in [0.1, 0.15) is 19.4 Å². The Bertz CT molecular complexity index is 852. The van der Waals surface area contributed by atoms with E-state index in [4.69, 9.17) is 0 Å². The molecular formula is C19H20FN3O3. The van der Waals surface area contributed by atoms with Crippen LogP contribution in [0.15, 0.2) is 30.9 Å². The number of imide groups is 1. The predicted octanol–water partition coefficient (Wildman–Crippen LogP) is 1.39. The molecule has 3 aliphatic heterocycles. The molecule has 3 amide bonds. The van der Waals surface area contributed by atoms with Crippen LogP contribution < -0.4 is 10.6 Å². The lowest BCUT2D eigenvalue weighted by Gasteiger charge is -2.30. The zero-order chi connectivity index (χ0) is 18.8. The van der Waals surface area contributed by atoms with E-state index in [1.54, 1.807) is 0 Å². The summed E-state index contributed by atoms with van der Waals surface area (Å²) in [6.45, 7) is 7.57. The van der Waals surface area contributed by atoms with Crippen molar-refractivity contribution < 1.29 is 18.8 Å². The van der Waals surface area contributed by atoms with Crippen LogP contribution in [0.4, 0.5) is 10.1 Å². The minimum absolute atomic E-state index is 0.00714. The molecule has 0 radical (unpaired) electrons. The summed E-state index contributed by atoms with van der Waals surface area (Å²) in [5.74, 6) is -3.19. The first kappa shape index (κ1) is 16.9. The highest BCUT2D eigenvalue weighted by Crippen LogP contribution is 2.53. The molecule has 2 saturated heterocycles. The van der Waals surface area contributed by atoms with Crippen molar-refractivity contribution in [3.8, 4) is 0 Å². The second-order valence-corrected chi connectivity index (χ2v) is 7.45. The number of likely N-dealkylation sites (tertiary alicyclic amines) is 1. The number of amides is 3. The summed E-state index contributed by atoms with van der Waals surface area (Å²) in [5, 5.41) is 5.99. The number of hydrogen-bond acceptors (Lipinski definition) is 4.